The van der Waals surface area contributed by atoms with Crippen LogP contribution >= 0.6 is 0 Å². The number of anilines is 2. The molecule has 1 aromatic heterocycles. The van der Waals surface area contributed by atoms with E-state index in [4.69, 9.17) is 10.5 Å². The zero-order chi connectivity index (χ0) is 21.2. The van der Waals surface area contributed by atoms with E-state index in [9.17, 15) is 22.4 Å². The molecule has 3 rings (SSSR count). The molecule has 0 bridgehead atoms. The van der Waals surface area contributed by atoms with E-state index in [1.54, 1.807) is 13.0 Å². The average Bonchev–Trinajstić information content (AvgIpc) is 3.09. The maximum atomic E-state index is 13.2. The quantitative estimate of drug-likeness (QED) is 0.725. The van der Waals surface area contributed by atoms with E-state index in [1.807, 2.05) is 0 Å². The minimum atomic E-state index is -4.71. The third kappa shape index (κ3) is 4.83. The Balaban J connectivity index is 1.71. The highest BCUT2D eigenvalue weighted by Crippen LogP contribution is 2.36. The Morgan fingerprint density at radius 1 is 1.34 bits per heavy atom. The molecule has 1 saturated heterocycles. The number of nitrogens with zero attached hydrogens (tertiary/aromatic N) is 1. The molecule has 1 aliphatic rings. The molecule has 1 atom stereocenters. The minimum absolute atomic E-state index is 0.0350. The summed E-state index contributed by atoms with van der Waals surface area (Å²) in [5, 5.41) is 5.25. The van der Waals surface area contributed by atoms with Crippen LogP contribution in [-0.4, -0.2) is 29.6 Å². The maximum Gasteiger partial charge on any atom is 0.418 e. The average molecular weight is 411 g/mol. The number of carbonyl (C=O) groups is 1. The van der Waals surface area contributed by atoms with Gasteiger partial charge in [-0.3, -0.25) is 9.78 Å². The van der Waals surface area contributed by atoms with Crippen molar-refractivity contribution in [3.05, 3.63) is 58.8 Å². The monoisotopic (exact) mass is 411 g/mol. The molecule has 0 saturated carbocycles. The van der Waals surface area contributed by atoms with E-state index in [2.05, 4.69) is 15.6 Å². The second-order valence-corrected chi connectivity index (χ2v) is 6.87. The zero-order valence-corrected chi connectivity index (χ0v) is 15.5. The number of alkyl halides is 3. The molecule has 1 unspecified atom stereocenters. The number of nitrogens with one attached hydrogen (secondary N) is 3. The fourth-order valence-electron chi connectivity index (χ4n) is 2.95. The number of carbonyl (C=O) groups excluding carboxylic acids is 1. The van der Waals surface area contributed by atoms with Gasteiger partial charge < -0.3 is 21.1 Å². The van der Waals surface area contributed by atoms with Crippen molar-refractivity contribution in [3.63, 3.8) is 0 Å². The molecule has 1 aliphatic heterocycles. The van der Waals surface area contributed by atoms with Gasteiger partial charge in [0.25, 0.3) is 0 Å². The van der Waals surface area contributed by atoms with E-state index < -0.39 is 29.0 Å². The number of aryl methyl sites for hydroxylation is 1. The summed E-state index contributed by atoms with van der Waals surface area (Å²) in [4.78, 5) is 16.3. The fraction of sp³-hybridized carbons (Fsp3) is 0.368. The lowest BCUT2D eigenvalue weighted by molar-refractivity contribution is -0.137. The summed E-state index contributed by atoms with van der Waals surface area (Å²) in [6.07, 6.45) is -3.08. The zero-order valence-electron chi connectivity index (χ0n) is 15.5. The van der Waals surface area contributed by atoms with Crippen LogP contribution in [0.5, 0.6) is 0 Å². The summed E-state index contributed by atoms with van der Waals surface area (Å²) in [7, 11) is 0. The van der Waals surface area contributed by atoms with Gasteiger partial charge in [-0.25, -0.2) is 4.39 Å². The highest BCUT2D eigenvalue weighted by molar-refractivity contribution is 5.88. The first-order chi connectivity index (χ1) is 13.6. The van der Waals surface area contributed by atoms with Gasteiger partial charge in [0.2, 0.25) is 5.91 Å². The summed E-state index contributed by atoms with van der Waals surface area (Å²) in [6, 6.07) is 3.95. The number of hydrogen-bond donors (Lipinski definition) is 2. The number of halogens is 4. The predicted molar refractivity (Wildman–Crippen MR) is 98.0 cm³/mol. The van der Waals surface area contributed by atoms with Crippen molar-refractivity contribution in [2.45, 2.75) is 31.6 Å². The number of amides is 1. The predicted octanol–water partition coefficient (Wildman–Crippen LogP) is 4.12. The molecule has 0 radical (unpaired) electrons. The third-order valence-electron chi connectivity index (χ3n) is 4.63. The summed E-state index contributed by atoms with van der Waals surface area (Å²) in [5.74, 6) is -1.44. The van der Waals surface area contributed by atoms with Crippen LogP contribution in [-0.2, 0) is 22.3 Å². The van der Waals surface area contributed by atoms with E-state index in [0.29, 0.717) is 30.4 Å². The third-order valence-corrected chi connectivity index (χ3v) is 4.63. The van der Waals surface area contributed by atoms with Gasteiger partial charge in [0, 0.05) is 13.2 Å². The Kier molecular flexibility index (Phi) is 5.76. The first-order valence-corrected chi connectivity index (χ1v) is 8.79. The van der Waals surface area contributed by atoms with Gasteiger partial charge in [-0.1, -0.05) is 0 Å². The number of aromatic nitrogens is 1. The van der Waals surface area contributed by atoms with Crippen LogP contribution in [0.1, 0.15) is 23.2 Å². The summed E-state index contributed by atoms with van der Waals surface area (Å²) >= 11 is 0. The Bertz CT molecular complexity index is 912. The molecule has 29 heavy (non-hydrogen) atoms. The molecular weight excluding hydrogens is 392 g/mol. The summed E-state index contributed by atoms with van der Waals surface area (Å²) < 4.78 is 57.7. The van der Waals surface area contributed by atoms with Crippen molar-refractivity contribution in [2.75, 3.05) is 18.5 Å². The molecule has 2 aromatic rings. The smallest absolute Gasteiger partial charge is 0.418 e. The van der Waals surface area contributed by atoms with Crippen molar-refractivity contribution in [1.29, 1.82) is 0 Å². The van der Waals surface area contributed by atoms with Crippen molar-refractivity contribution >= 4 is 17.3 Å². The van der Waals surface area contributed by atoms with E-state index >= 15 is 0 Å². The largest absolute Gasteiger partial charge is 0.662 e. The first kappa shape index (κ1) is 21.0. The Hall–Kier alpha value is -2.72. The topological polar surface area (TPSA) is 87.1 Å². The van der Waals surface area contributed by atoms with Crippen molar-refractivity contribution < 1.29 is 27.1 Å². The van der Waals surface area contributed by atoms with Gasteiger partial charge in [-0.05, 0) is 48.7 Å². The lowest BCUT2D eigenvalue weighted by Gasteiger charge is -2.30. The number of hydrogen-bond acceptors (Lipinski definition) is 4. The standard InChI is InChI=1S/C19H19F4N4O2/c1-11-6-13(27-15-3-2-12(20)7-14(15)19(21,22)23)8-25-16(11)9-26-17(28)18(24)4-5-29-10-18/h2-3,6-8,24,27H,4-5,9-10H2,1H3,(H,26,28)/q-1. The molecule has 1 fully saturated rings. The van der Waals surface area contributed by atoms with E-state index in [1.165, 1.54) is 6.20 Å². The van der Waals surface area contributed by atoms with Gasteiger partial charge in [0.05, 0.1) is 35.4 Å². The van der Waals surface area contributed by atoms with Crippen LogP contribution in [0.15, 0.2) is 30.5 Å². The lowest BCUT2D eigenvalue weighted by atomic mass is 9.99. The van der Waals surface area contributed by atoms with Crippen LogP contribution in [0.25, 0.3) is 5.73 Å². The van der Waals surface area contributed by atoms with Crippen molar-refractivity contribution in [2.24, 2.45) is 0 Å². The van der Waals surface area contributed by atoms with Crippen LogP contribution < -0.4 is 10.6 Å². The molecule has 6 nitrogen and oxygen atoms in total. The summed E-state index contributed by atoms with van der Waals surface area (Å²) in [6.45, 7) is 2.17. The van der Waals surface area contributed by atoms with Crippen LogP contribution in [0, 0.1) is 12.7 Å². The first-order valence-electron chi connectivity index (χ1n) is 8.79. The van der Waals surface area contributed by atoms with Gasteiger partial charge >= 0.3 is 6.18 Å². The van der Waals surface area contributed by atoms with Crippen LogP contribution in [0.3, 0.4) is 0 Å². The Morgan fingerprint density at radius 2 is 2.10 bits per heavy atom. The molecule has 0 aliphatic carbocycles. The highest BCUT2D eigenvalue weighted by Gasteiger charge is 2.34. The normalized spacial score (nSPS) is 19.2. The van der Waals surface area contributed by atoms with Crippen molar-refractivity contribution in [1.82, 2.24) is 10.3 Å². The second-order valence-electron chi connectivity index (χ2n) is 6.87. The van der Waals surface area contributed by atoms with Gasteiger partial charge in [-0.2, -0.15) is 13.2 Å². The molecule has 1 amide bonds. The van der Waals surface area contributed by atoms with E-state index in [-0.39, 0.29) is 24.5 Å². The molecule has 0 spiro atoms. The number of ether oxygens (including phenoxy) is 1. The second kappa shape index (κ2) is 7.96. The Labute approximate surface area is 164 Å². The molecular formula is C19H19F4N4O2-. The summed E-state index contributed by atoms with van der Waals surface area (Å²) in [5.41, 5.74) is 6.77. The van der Waals surface area contributed by atoms with Gasteiger partial charge in [0.15, 0.2) is 0 Å². The maximum absolute atomic E-state index is 13.2. The fourth-order valence-corrected chi connectivity index (χ4v) is 2.95. The van der Waals surface area contributed by atoms with Gasteiger partial charge in [0.1, 0.15) is 5.82 Å². The molecule has 156 valence electrons. The molecule has 10 heteroatoms. The molecule has 1 aromatic carbocycles. The number of rotatable bonds is 5. The van der Waals surface area contributed by atoms with Crippen LogP contribution in [0.4, 0.5) is 28.9 Å². The lowest BCUT2D eigenvalue weighted by Crippen LogP contribution is -2.44. The molecule has 2 heterocycles. The van der Waals surface area contributed by atoms with E-state index in [0.717, 1.165) is 12.1 Å². The number of pyridine rings is 1. The number of benzene rings is 1. The SMILES string of the molecule is Cc1cc(Nc2ccc(F)cc2C(F)(F)F)cnc1CNC(=O)C1([NH-])CCOC1. The minimum Gasteiger partial charge on any atom is -0.662 e. The van der Waals surface area contributed by atoms with Gasteiger partial charge in [-0.15, -0.1) is 0 Å². The van der Waals surface area contributed by atoms with Crippen molar-refractivity contribution in [3.8, 4) is 0 Å². The highest BCUT2D eigenvalue weighted by atomic mass is 19.4. The van der Waals surface area contributed by atoms with Crippen LogP contribution in [0.2, 0.25) is 0 Å². The Morgan fingerprint density at radius 3 is 2.72 bits per heavy atom. The molecule has 3 N–H and O–H groups in total.